The van der Waals surface area contributed by atoms with Crippen molar-refractivity contribution in [2.45, 2.75) is 109 Å². The first-order valence-corrected chi connectivity index (χ1v) is 11.6. The van der Waals surface area contributed by atoms with Crippen molar-refractivity contribution in [2.75, 3.05) is 6.16 Å². The van der Waals surface area contributed by atoms with Gasteiger partial charge in [0.1, 0.15) is 0 Å². The lowest BCUT2D eigenvalue weighted by atomic mass is 10.0. The van der Waals surface area contributed by atoms with E-state index in [1.807, 2.05) is 6.92 Å². The van der Waals surface area contributed by atoms with Crippen LogP contribution in [0.1, 0.15) is 97.3 Å². The van der Waals surface area contributed by atoms with Crippen molar-refractivity contribution in [2.24, 2.45) is 5.73 Å². The summed E-state index contributed by atoms with van der Waals surface area (Å²) in [4.78, 5) is 8.81. The summed E-state index contributed by atoms with van der Waals surface area (Å²) in [6.07, 6.45) is 17.5. The summed E-state index contributed by atoms with van der Waals surface area (Å²) in [7, 11) is -2.16. The Bertz CT molecular complexity index is 361. The third kappa shape index (κ3) is 15.7. The topological polar surface area (TPSA) is 83.5 Å². The van der Waals surface area contributed by atoms with Gasteiger partial charge < -0.3 is 10.8 Å². The van der Waals surface area contributed by atoms with Crippen LogP contribution >= 0.6 is 8.03 Å². The lowest BCUT2D eigenvalue weighted by molar-refractivity contribution is 0.176. The third-order valence-corrected chi connectivity index (χ3v) is 5.44. The van der Waals surface area contributed by atoms with Gasteiger partial charge in [0, 0.05) is 12.5 Å². The van der Waals surface area contributed by atoms with Crippen LogP contribution in [-0.4, -0.2) is 28.3 Å². The van der Waals surface area contributed by atoms with Crippen LogP contribution in [-0.2, 0) is 4.57 Å². The number of unbranched alkanes of at least 4 members (excludes halogenated alkanes) is 11. The van der Waals surface area contributed by atoms with Crippen LogP contribution in [0.4, 0.5) is 0 Å². The second-order valence-corrected chi connectivity index (χ2v) is 8.40. The van der Waals surface area contributed by atoms with Gasteiger partial charge in [0.05, 0.1) is 6.10 Å². The molecular formula is C20H41NO3P+. The quantitative estimate of drug-likeness (QED) is 0.180. The number of nitrogens with two attached hydrogens (primary N) is 1. The summed E-state index contributed by atoms with van der Waals surface area (Å²) < 4.78 is 10.7. The molecule has 0 heterocycles. The molecule has 4 nitrogen and oxygen atoms in total. The number of hydrogen-bond donors (Lipinski definition) is 3. The first-order valence-electron chi connectivity index (χ1n) is 10.2. The van der Waals surface area contributed by atoms with Crippen molar-refractivity contribution < 1.29 is 14.6 Å². The smallest absolute Gasteiger partial charge is 0.387 e. The Labute approximate surface area is 156 Å². The second-order valence-electron chi connectivity index (χ2n) is 7.25. The number of rotatable bonds is 17. The molecule has 0 fully saturated rings. The molecule has 1 unspecified atom stereocenters. The van der Waals surface area contributed by atoms with E-state index in [0.717, 1.165) is 18.4 Å². The fraction of sp³-hybridized carbons (Fsp3) is 0.900. The predicted molar refractivity (Wildman–Crippen MR) is 108 cm³/mol. The van der Waals surface area contributed by atoms with E-state index in [0.29, 0.717) is 6.42 Å². The minimum absolute atomic E-state index is 0.152. The predicted octanol–water partition coefficient (Wildman–Crippen LogP) is 5.45. The Kier molecular flexibility index (Phi) is 17.0. The van der Waals surface area contributed by atoms with Crippen LogP contribution in [0, 0.1) is 0 Å². The first kappa shape index (κ1) is 24.7. The van der Waals surface area contributed by atoms with Gasteiger partial charge in [0.2, 0.25) is 0 Å². The minimum Gasteiger partial charge on any atom is -0.387 e. The van der Waals surface area contributed by atoms with Gasteiger partial charge in [-0.25, -0.2) is 0 Å². The number of hydrogen-bond acceptors (Lipinski definition) is 3. The van der Waals surface area contributed by atoms with Gasteiger partial charge in [0.15, 0.2) is 6.16 Å². The maximum absolute atomic E-state index is 10.7. The summed E-state index contributed by atoms with van der Waals surface area (Å²) in [5.74, 6) is 0. The van der Waals surface area contributed by atoms with E-state index in [4.69, 9.17) is 10.6 Å². The zero-order chi connectivity index (χ0) is 18.9. The Balaban J connectivity index is 3.58. The average molecular weight is 375 g/mol. The molecule has 0 saturated carbocycles. The number of aliphatic hydroxyl groups is 1. The van der Waals surface area contributed by atoms with Crippen LogP contribution in [0.2, 0.25) is 0 Å². The van der Waals surface area contributed by atoms with Gasteiger partial charge in [-0.2, -0.15) is 4.89 Å². The van der Waals surface area contributed by atoms with Crippen molar-refractivity contribution in [3.63, 3.8) is 0 Å². The van der Waals surface area contributed by atoms with Crippen LogP contribution in [0.3, 0.4) is 0 Å². The van der Waals surface area contributed by atoms with Gasteiger partial charge in [-0.15, -0.1) is 0 Å². The Morgan fingerprint density at radius 1 is 1.00 bits per heavy atom. The fourth-order valence-electron chi connectivity index (χ4n) is 3.01. The van der Waals surface area contributed by atoms with Crippen molar-refractivity contribution >= 4 is 8.03 Å². The van der Waals surface area contributed by atoms with Crippen LogP contribution < -0.4 is 5.73 Å². The lowest BCUT2D eigenvalue weighted by Crippen LogP contribution is -2.35. The van der Waals surface area contributed by atoms with Crippen LogP contribution in [0.25, 0.3) is 0 Å². The summed E-state index contributed by atoms with van der Waals surface area (Å²) in [5, 5.41) is 10.1. The lowest BCUT2D eigenvalue weighted by Gasteiger charge is -2.17. The molecule has 3 atom stereocenters. The van der Waals surface area contributed by atoms with E-state index in [1.54, 1.807) is 0 Å². The van der Waals surface area contributed by atoms with Crippen molar-refractivity contribution in [3.05, 3.63) is 11.6 Å². The summed E-state index contributed by atoms with van der Waals surface area (Å²) in [6.45, 7) is 4.15. The zero-order valence-corrected chi connectivity index (χ0v) is 17.4. The van der Waals surface area contributed by atoms with Gasteiger partial charge in [-0.3, -0.25) is 0 Å². The number of aliphatic hydroxyl groups excluding tert-OH is 1. The molecular weight excluding hydrogens is 333 g/mol. The second kappa shape index (κ2) is 17.1. The third-order valence-electron chi connectivity index (χ3n) is 4.80. The minimum atomic E-state index is -2.16. The monoisotopic (exact) mass is 374 g/mol. The molecule has 4 N–H and O–H groups in total. The molecule has 5 heteroatoms. The maximum atomic E-state index is 10.7. The van der Waals surface area contributed by atoms with E-state index in [1.165, 1.54) is 64.2 Å². The average Bonchev–Trinajstić information content (AvgIpc) is 2.59. The molecule has 148 valence electrons. The first-order chi connectivity index (χ1) is 12.0. The van der Waals surface area contributed by atoms with Crippen molar-refractivity contribution in [1.29, 1.82) is 0 Å². The van der Waals surface area contributed by atoms with E-state index < -0.39 is 20.2 Å². The number of allylic oxidation sites excluding steroid dienone is 1. The molecule has 0 aromatic carbocycles. The summed E-state index contributed by atoms with van der Waals surface area (Å²) in [5.41, 5.74) is 6.75. The maximum Gasteiger partial charge on any atom is 0.505 e. The van der Waals surface area contributed by atoms with Crippen molar-refractivity contribution in [3.8, 4) is 0 Å². The van der Waals surface area contributed by atoms with E-state index in [9.17, 15) is 9.67 Å². The highest BCUT2D eigenvalue weighted by Gasteiger charge is 2.20. The Morgan fingerprint density at radius 3 is 1.96 bits per heavy atom. The van der Waals surface area contributed by atoms with Gasteiger partial charge in [0.25, 0.3) is 0 Å². The fourth-order valence-corrected chi connectivity index (χ4v) is 3.53. The molecule has 0 aliphatic heterocycles. The molecule has 0 rings (SSSR count). The summed E-state index contributed by atoms with van der Waals surface area (Å²) in [6, 6.07) is -0.459. The highest BCUT2D eigenvalue weighted by molar-refractivity contribution is 7.37. The Hall–Kier alpha value is -0.280. The highest BCUT2D eigenvalue weighted by Crippen LogP contribution is 2.18. The van der Waals surface area contributed by atoms with E-state index in [2.05, 4.69) is 13.0 Å². The molecule has 0 aromatic heterocycles. The largest absolute Gasteiger partial charge is 0.505 e. The molecule has 0 bridgehead atoms. The van der Waals surface area contributed by atoms with Gasteiger partial charge in [-0.05, 0) is 29.9 Å². The van der Waals surface area contributed by atoms with Crippen LogP contribution in [0.5, 0.6) is 0 Å². The molecule has 0 saturated heterocycles. The van der Waals surface area contributed by atoms with Crippen molar-refractivity contribution in [1.82, 2.24) is 0 Å². The molecule has 25 heavy (non-hydrogen) atoms. The van der Waals surface area contributed by atoms with E-state index in [-0.39, 0.29) is 6.16 Å². The zero-order valence-electron chi connectivity index (χ0n) is 16.5. The molecule has 0 aliphatic carbocycles. The summed E-state index contributed by atoms with van der Waals surface area (Å²) >= 11 is 0. The molecule has 0 aromatic rings. The van der Waals surface area contributed by atoms with Gasteiger partial charge >= 0.3 is 8.03 Å². The van der Waals surface area contributed by atoms with Gasteiger partial charge in [-0.1, -0.05) is 77.2 Å². The van der Waals surface area contributed by atoms with E-state index >= 15 is 0 Å². The normalized spacial score (nSPS) is 15.2. The highest BCUT2D eigenvalue weighted by atomic mass is 31.1. The molecule has 0 radical (unpaired) electrons. The standard InChI is InChI=1S/C20H40NO3P/c1-3-4-5-6-7-8-9-10-11-12-13-14-15-18(2)20(22)19(21)16-17-25(23)24/h15,19-20,22H,3-14,16-17,21H2,1-2H3/p+1/b18-15-/t19-,20+/m0/s1. The SMILES string of the molecule is CCCCCCCCCCCCC/C=C(/C)[C@@H](O)[C@@H](N)CC[P+](=O)O. The molecule has 0 spiro atoms. The Morgan fingerprint density at radius 2 is 1.48 bits per heavy atom. The van der Waals surface area contributed by atoms with Crippen LogP contribution in [0.15, 0.2) is 11.6 Å². The molecule has 0 aliphatic rings. The molecule has 0 amide bonds.